The Hall–Kier alpha value is -3.39. The molecule has 1 aliphatic carbocycles. The molecule has 7 nitrogen and oxygen atoms in total. The summed E-state index contributed by atoms with van der Waals surface area (Å²) in [5.41, 5.74) is 4.54. The van der Waals surface area contributed by atoms with Gasteiger partial charge in [-0.3, -0.25) is 10.1 Å². The van der Waals surface area contributed by atoms with Crippen LogP contribution in [-0.2, 0) is 12.8 Å². The monoisotopic (exact) mass is 374 g/mol. The van der Waals surface area contributed by atoms with E-state index in [0.717, 1.165) is 24.1 Å². The van der Waals surface area contributed by atoms with Gasteiger partial charge in [-0.05, 0) is 41.0 Å². The van der Waals surface area contributed by atoms with Gasteiger partial charge in [0, 0.05) is 10.4 Å². The van der Waals surface area contributed by atoms with Crippen molar-refractivity contribution in [2.75, 3.05) is 5.32 Å². The van der Waals surface area contributed by atoms with E-state index >= 15 is 0 Å². The minimum absolute atomic E-state index is 0.236. The summed E-state index contributed by atoms with van der Waals surface area (Å²) in [6.45, 7) is 0. The first-order valence-electron chi connectivity index (χ1n) is 8.51. The molecule has 1 aliphatic rings. The first-order valence-corrected chi connectivity index (χ1v) is 9.33. The van der Waals surface area contributed by atoms with Gasteiger partial charge in [0.2, 0.25) is 0 Å². The molecule has 2 aromatic carbocycles. The quantitative estimate of drug-likeness (QED) is 0.595. The number of aromatic nitrogens is 5. The highest BCUT2D eigenvalue weighted by Gasteiger charge is 2.22. The lowest BCUT2D eigenvalue weighted by Gasteiger charge is -2.13. The molecule has 0 radical (unpaired) electrons. The van der Waals surface area contributed by atoms with Crippen molar-refractivity contribution < 1.29 is 4.79 Å². The number of nitrogens with one attached hydrogen (secondary N) is 1. The fraction of sp³-hybridized carbons (Fsp3) is 0.105. The molecular weight excluding hydrogens is 360 g/mol. The summed E-state index contributed by atoms with van der Waals surface area (Å²) in [7, 11) is 0. The number of carbonyl (C=O) groups is 1. The maximum Gasteiger partial charge on any atom is 0.259 e. The van der Waals surface area contributed by atoms with Gasteiger partial charge < -0.3 is 0 Å². The van der Waals surface area contributed by atoms with Crippen LogP contribution in [0.3, 0.4) is 0 Å². The number of para-hydroxylation sites is 1. The van der Waals surface area contributed by atoms with Crippen molar-refractivity contribution in [3.05, 3.63) is 70.9 Å². The van der Waals surface area contributed by atoms with Gasteiger partial charge in [-0.1, -0.05) is 36.4 Å². The van der Waals surface area contributed by atoms with Gasteiger partial charge >= 0.3 is 0 Å². The lowest BCUT2D eigenvalue weighted by Crippen LogP contribution is -2.15. The van der Waals surface area contributed by atoms with Crippen LogP contribution >= 0.6 is 11.3 Å². The molecule has 4 aromatic rings. The summed E-state index contributed by atoms with van der Waals surface area (Å²) >= 11 is 1.54. The van der Waals surface area contributed by atoms with Crippen LogP contribution in [0, 0.1) is 0 Å². The Morgan fingerprint density at radius 3 is 2.81 bits per heavy atom. The Balaban J connectivity index is 1.47. The molecule has 0 bridgehead atoms. The molecule has 5 rings (SSSR count). The number of fused-ring (bicyclic) bond motifs is 3. The number of thiazole rings is 1. The van der Waals surface area contributed by atoms with Crippen molar-refractivity contribution in [3.8, 4) is 16.9 Å². The van der Waals surface area contributed by atoms with Crippen molar-refractivity contribution in [1.29, 1.82) is 0 Å². The molecule has 0 atom stereocenters. The Morgan fingerprint density at radius 2 is 1.93 bits per heavy atom. The maximum absolute atomic E-state index is 12.9. The average Bonchev–Trinajstić information content (AvgIpc) is 3.37. The number of carbonyl (C=O) groups excluding carboxylic acids is 1. The van der Waals surface area contributed by atoms with Crippen LogP contribution in [-0.4, -0.2) is 31.1 Å². The van der Waals surface area contributed by atoms with Gasteiger partial charge in [0.1, 0.15) is 6.33 Å². The zero-order valence-electron chi connectivity index (χ0n) is 14.2. The van der Waals surface area contributed by atoms with E-state index in [1.54, 1.807) is 12.1 Å². The first-order chi connectivity index (χ1) is 13.3. The van der Waals surface area contributed by atoms with E-state index in [-0.39, 0.29) is 5.91 Å². The molecule has 2 aromatic heterocycles. The summed E-state index contributed by atoms with van der Waals surface area (Å²) in [6.07, 6.45) is 3.41. The normalized spacial score (nSPS) is 12.3. The standard InChI is InChI=1S/C19H14N6OS/c26-18(14-7-3-4-8-15(14)25-11-20-23-24-25)22-19-21-17-13-6-2-1-5-12(13)9-10-16(17)27-19/h1-8,11H,9-10H2,(H,21,22,26). The van der Waals surface area contributed by atoms with Crippen molar-refractivity contribution in [3.63, 3.8) is 0 Å². The van der Waals surface area contributed by atoms with E-state index in [0.29, 0.717) is 16.4 Å². The van der Waals surface area contributed by atoms with E-state index in [4.69, 9.17) is 0 Å². The second-order valence-corrected chi connectivity index (χ2v) is 7.26. The van der Waals surface area contributed by atoms with Crippen LogP contribution < -0.4 is 5.32 Å². The molecule has 132 valence electrons. The maximum atomic E-state index is 12.9. The minimum atomic E-state index is -0.236. The van der Waals surface area contributed by atoms with Gasteiger partial charge in [0.05, 0.1) is 16.9 Å². The fourth-order valence-electron chi connectivity index (χ4n) is 3.30. The van der Waals surface area contributed by atoms with E-state index in [1.807, 2.05) is 18.2 Å². The van der Waals surface area contributed by atoms with Gasteiger partial charge in [0.15, 0.2) is 5.13 Å². The zero-order chi connectivity index (χ0) is 18.2. The van der Waals surface area contributed by atoms with E-state index in [2.05, 4.69) is 44.0 Å². The number of hydrogen-bond donors (Lipinski definition) is 1. The number of aryl methyl sites for hydroxylation is 2. The highest BCUT2D eigenvalue weighted by Crippen LogP contribution is 2.38. The highest BCUT2D eigenvalue weighted by atomic mass is 32.1. The Morgan fingerprint density at radius 1 is 1.07 bits per heavy atom. The molecule has 27 heavy (non-hydrogen) atoms. The average molecular weight is 374 g/mol. The number of nitrogens with zero attached hydrogens (tertiary/aromatic N) is 5. The molecule has 0 fully saturated rings. The largest absolute Gasteiger partial charge is 0.298 e. The van der Waals surface area contributed by atoms with Crippen molar-refractivity contribution in [1.82, 2.24) is 25.2 Å². The van der Waals surface area contributed by atoms with Crippen LogP contribution in [0.1, 0.15) is 20.8 Å². The van der Waals surface area contributed by atoms with Crippen LogP contribution in [0.15, 0.2) is 54.9 Å². The van der Waals surface area contributed by atoms with Gasteiger partial charge in [-0.2, -0.15) is 4.68 Å². The molecule has 0 unspecified atom stereocenters. The molecule has 0 aliphatic heterocycles. The number of benzene rings is 2. The summed E-state index contributed by atoms with van der Waals surface area (Å²) in [4.78, 5) is 18.8. The van der Waals surface area contributed by atoms with E-state index < -0.39 is 0 Å². The number of tetrazole rings is 1. The molecule has 0 spiro atoms. The summed E-state index contributed by atoms with van der Waals surface area (Å²) < 4.78 is 1.47. The zero-order valence-corrected chi connectivity index (χ0v) is 15.0. The SMILES string of the molecule is O=C(Nc1nc2c(s1)CCc1ccccc1-2)c1ccccc1-n1cnnn1. The van der Waals surface area contributed by atoms with Crippen LogP contribution in [0.25, 0.3) is 16.9 Å². The fourth-order valence-corrected chi connectivity index (χ4v) is 4.27. The number of anilines is 1. The molecule has 1 amide bonds. The van der Waals surface area contributed by atoms with Crippen LogP contribution in [0.5, 0.6) is 0 Å². The van der Waals surface area contributed by atoms with E-state index in [9.17, 15) is 4.79 Å². The molecule has 8 heteroatoms. The molecule has 2 heterocycles. The smallest absolute Gasteiger partial charge is 0.259 e. The second-order valence-electron chi connectivity index (χ2n) is 6.17. The van der Waals surface area contributed by atoms with Crippen molar-refractivity contribution in [2.45, 2.75) is 12.8 Å². The Labute approximate surface area is 158 Å². The van der Waals surface area contributed by atoms with Gasteiger partial charge in [-0.15, -0.1) is 16.4 Å². The molecule has 0 saturated heterocycles. The lowest BCUT2D eigenvalue weighted by molar-refractivity contribution is 0.102. The van der Waals surface area contributed by atoms with Crippen molar-refractivity contribution in [2.24, 2.45) is 0 Å². The minimum Gasteiger partial charge on any atom is -0.298 e. The summed E-state index contributed by atoms with van der Waals surface area (Å²) in [6, 6.07) is 15.5. The molecular formula is C19H14N6OS. The highest BCUT2D eigenvalue weighted by molar-refractivity contribution is 7.16. The number of hydrogen-bond acceptors (Lipinski definition) is 6. The van der Waals surface area contributed by atoms with E-state index in [1.165, 1.54) is 32.8 Å². The van der Waals surface area contributed by atoms with Crippen LogP contribution in [0.4, 0.5) is 5.13 Å². The second kappa shape index (κ2) is 6.40. The number of amides is 1. The lowest BCUT2D eigenvalue weighted by atomic mass is 9.94. The third kappa shape index (κ3) is 2.80. The third-order valence-corrected chi connectivity index (χ3v) is 5.59. The first kappa shape index (κ1) is 15.8. The Bertz CT molecular complexity index is 1130. The Kier molecular flexibility index (Phi) is 3.75. The number of rotatable bonds is 3. The van der Waals surface area contributed by atoms with Crippen molar-refractivity contribution >= 4 is 22.4 Å². The predicted molar refractivity (Wildman–Crippen MR) is 102 cm³/mol. The summed E-state index contributed by atoms with van der Waals surface area (Å²) in [5.74, 6) is -0.236. The summed E-state index contributed by atoms with van der Waals surface area (Å²) in [5, 5.41) is 14.7. The topological polar surface area (TPSA) is 85.6 Å². The molecule has 1 N–H and O–H groups in total. The predicted octanol–water partition coefficient (Wildman–Crippen LogP) is 3.14. The molecule has 0 saturated carbocycles. The van der Waals surface area contributed by atoms with Gasteiger partial charge in [-0.25, -0.2) is 4.98 Å². The van der Waals surface area contributed by atoms with Crippen LogP contribution in [0.2, 0.25) is 0 Å². The van der Waals surface area contributed by atoms with Gasteiger partial charge in [0.25, 0.3) is 5.91 Å². The third-order valence-electron chi connectivity index (χ3n) is 4.56.